The first-order valence-electron chi connectivity index (χ1n) is 6.13. The number of hydrogen-bond acceptors (Lipinski definition) is 2. The molecule has 0 spiro atoms. The fourth-order valence-electron chi connectivity index (χ4n) is 2.08. The van der Waals surface area contributed by atoms with Crippen LogP contribution in [0.3, 0.4) is 0 Å². The van der Waals surface area contributed by atoms with E-state index in [0.29, 0.717) is 5.58 Å². The molecule has 0 atom stereocenters. The second-order valence-electron chi connectivity index (χ2n) is 5.58. The van der Waals surface area contributed by atoms with Gasteiger partial charge in [0.05, 0.1) is 0 Å². The summed E-state index contributed by atoms with van der Waals surface area (Å²) in [6.45, 7) is 8.39. The number of fused-ring (bicyclic) bond motifs is 1. The van der Waals surface area contributed by atoms with Crippen LogP contribution >= 0.6 is 0 Å². The molecule has 0 saturated carbocycles. The molecule has 18 heavy (non-hydrogen) atoms. The molecule has 0 saturated heterocycles. The first-order chi connectivity index (χ1) is 8.32. The second-order valence-corrected chi connectivity index (χ2v) is 5.58. The number of carboxylic acid groups (broad SMARTS) is 1. The van der Waals surface area contributed by atoms with Crippen LogP contribution in [0.15, 0.2) is 22.6 Å². The van der Waals surface area contributed by atoms with Crippen LogP contribution in [0.2, 0.25) is 0 Å². The van der Waals surface area contributed by atoms with E-state index in [1.165, 1.54) is 5.56 Å². The Morgan fingerprint density at radius 2 is 1.94 bits per heavy atom. The molecule has 96 valence electrons. The van der Waals surface area contributed by atoms with Crippen LogP contribution in [0.5, 0.6) is 0 Å². The van der Waals surface area contributed by atoms with Crippen LogP contribution in [0.4, 0.5) is 0 Å². The van der Waals surface area contributed by atoms with E-state index in [1.54, 1.807) is 6.07 Å². The molecule has 0 aliphatic carbocycles. The smallest absolute Gasteiger partial charge is 0.371 e. The Kier molecular flexibility index (Phi) is 2.93. The maximum Gasteiger partial charge on any atom is 0.371 e. The third-order valence-corrected chi connectivity index (χ3v) is 3.10. The first kappa shape index (κ1) is 12.7. The van der Waals surface area contributed by atoms with Gasteiger partial charge in [0.1, 0.15) is 5.58 Å². The van der Waals surface area contributed by atoms with E-state index < -0.39 is 5.97 Å². The Morgan fingerprint density at radius 3 is 2.44 bits per heavy atom. The molecular weight excluding hydrogens is 228 g/mol. The molecule has 1 aromatic heterocycles. The third-order valence-electron chi connectivity index (χ3n) is 3.10. The van der Waals surface area contributed by atoms with E-state index in [0.717, 1.165) is 17.4 Å². The van der Waals surface area contributed by atoms with Gasteiger partial charge in [-0.05, 0) is 29.5 Å². The van der Waals surface area contributed by atoms with E-state index in [-0.39, 0.29) is 11.2 Å². The van der Waals surface area contributed by atoms with Gasteiger partial charge in [-0.25, -0.2) is 4.79 Å². The van der Waals surface area contributed by atoms with Gasteiger partial charge in [-0.1, -0.05) is 33.8 Å². The molecule has 2 rings (SSSR count). The van der Waals surface area contributed by atoms with Crippen molar-refractivity contribution in [2.45, 2.75) is 39.5 Å². The van der Waals surface area contributed by atoms with E-state index >= 15 is 0 Å². The predicted molar refractivity (Wildman–Crippen MR) is 71.3 cm³/mol. The maximum atomic E-state index is 11.0. The zero-order valence-corrected chi connectivity index (χ0v) is 11.2. The van der Waals surface area contributed by atoms with Crippen molar-refractivity contribution in [1.82, 2.24) is 0 Å². The van der Waals surface area contributed by atoms with Crippen LogP contribution in [0.25, 0.3) is 11.0 Å². The van der Waals surface area contributed by atoms with Crippen LogP contribution in [-0.4, -0.2) is 11.1 Å². The topological polar surface area (TPSA) is 50.4 Å². The fraction of sp³-hybridized carbons (Fsp3) is 0.400. The maximum absolute atomic E-state index is 11.0. The lowest BCUT2D eigenvalue weighted by Gasteiger charge is -2.20. The van der Waals surface area contributed by atoms with Crippen molar-refractivity contribution in [2.75, 3.05) is 0 Å². The van der Waals surface area contributed by atoms with Crippen molar-refractivity contribution in [3.05, 3.63) is 35.1 Å². The standard InChI is InChI=1S/C15H18O3/c1-5-9-6-10-8-12(14(16)17)18-13(10)11(7-9)15(2,3)4/h6-8H,5H2,1-4H3,(H,16,17). The molecule has 0 fully saturated rings. The van der Waals surface area contributed by atoms with Gasteiger partial charge in [0.15, 0.2) is 0 Å². The summed E-state index contributed by atoms with van der Waals surface area (Å²) in [7, 11) is 0. The molecule has 1 aromatic carbocycles. The molecule has 3 nitrogen and oxygen atoms in total. The van der Waals surface area contributed by atoms with Gasteiger partial charge in [-0.15, -0.1) is 0 Å². The second kappa shape index (κ2) is 4.16. The number of furan rings is 1. The zero-order chi connectivity index (χ0) is 13.5. The van der Waals surface area contributed by atoms with Crippen LogP contribution in [0.1, 0.15) is 49.4 Å². The summed E-state index contributed by atoms with van der Waals surface area (Å²) >= 11 is 0. The molecular formula is C15H18O3. The number of aromatic carboxylic acids is 1. The van der Waals surface area contributed by atoms with E-state index in [9.17, 15) is 4.79 Å². The van der Waals surface area contributed by atoms with E-state index in [2.05, 4.69) is 33.8 Å². The van der Waals surface area contributed by atoms with Crippen molar-refractivity contribution in [2.24, 2.45) is 0 Å². The Bertz CT molecular complexity index is 600. The fourth-order valence-corrected chi connectivity index (χ4v) is 2.08. The Labute approximate surface area is 106 Å². The highest BCUT2D eigenvalue weighted by Crippen LogP contribution is 2.33. The molecule has 0 amide bonds. The van der Waals surface area contributed by atoms with Gasteiger partial charge in [0.25, 0.3) is 0 Å². The molecule has 1 N–H and O–H groups in total. The van der Waals surface area contributed by atoms with Gasteiger partial charge in [-0.2, -0.15) is 0 Å². The van der Waals surface area contributed by atoms with Gasteiger partial charge in [0.2, 0.25) is 5.76 Å². The Morgan fingerprint density at radius 1 is 1.28 bits per heavy atom. The SMILES string of the molecule is CCc1cc(C(C)(C)C)c2oc(C(=O)O)cc2c1. The zero-order valence-electron chi connectivity index (χ0n) is 11.2. The minimum Gasteiger partial charge on any atom is -0.475 e. The average molecular weight is 246 g/mol. The number of carboxylic acids is 1. The summed E-state index contributed by atoms with van der Waals surface area (Å²) in [5.74, 6) is -1.02. The summed E-state index contributed by atoms with van der Waals surface area (Å²) in [4.78, 5) is 11.0. The molecule has 0 bridgehead atoms. The first-order valence-corrected chi connectivity index (χ1v) is 6.13. The molecule has 0 aliphatic heterocycles. The Hall–Kier alpha value is -1.77. The number of benzene rings is 1. The van der Waals surface area contributed by atoms with Crippen molar-refractivity contribution in [3.63, 3.8) is 0 Å². The van der Waals surface area contributed by atoms with Gasteiger partial charge in [-0.3, -0.25) is 0 Å². The number of carbonyl (C=O) groups is 1. The van der Waals surface area contributed by atoms with Crippen molar-refractivity contribution >= 4 is 16.9 Å². The van der Waals surface area contributed by atoms with Gasteiger partial charge < -0.3 is 9.52 Å². The summed E-state index contributed by atoms with van der Waals surface area (Å²) < 4.78 is 5.49. The van der Waals surface area contributed by atoms with E-state index in [4.69, 9.17) is 9.52 Å². The monoisotopic (exact) mass is 246 g/mol. The van der Waals surface area contributed by atoms with E-state index in [1.807, 2.05) is 6.07 Å². The van der Waals surface area contributed by atoms with Crippen molar-refractivity contribution < 1.29 is 14.3 Å². The highest BCUT2D eigenvalue weighted by molar-refractivity contribution is 5.93. The molecule has 1 heterocycles. The van der Waals surface area contributed by atoms with Crippen molar-refractivity contribution in [1.29, 1.82) is 0 Å². The van der Waals surface area contributed by atoms with Gasteiger partial charge >= 0.3 is 5.97 Å². The van der Waals surface area contributed by atoms with Crippen LogP contribution < -0.4 is 0 Å². The van der Waals surface area contributed by atoms with Crippen LogP contribution in [0, 0.1) is 0 Å². The summed E-state index contributed by atoms with van der Waals surface area (Å²) in [5.41, 5.74) is 2.88. The molecule has 2 aromatic rings. The highest BCUT2D eigenvalue weighted by atomic mass is 16.4. The predicted octanol–water partition coefficient (Wildman–Crippen LogP) is 3.99. The number of hydrogen-bond donors (Lipinski definition) is 1. The largest absolute Gasteiger partial charge is 0.475 e. The Balaban J connectivity index is 2.77. The van der Waals surface area contributed by atoms with Crippen LogP contribution in [-0.2, 0) is 11.8 Å². The normalized spacial score (nSPS) is 12.0. The molecule has 3 heteroatoms. The summed E-state index contributed by atoms with van der Waals surface area (Å²) in [6, 6.07) is 5.71. The summed E-state index contributed by atoms with van der Waals surface area (Å²) in [5, 5.41) is 9.88. The van der Waals surface area contributed by atoms with Crippen molar-refractivity contribution in [3.8, 4) is 0 Å². The molecule has 0 radical (unpaired) electrons. The summed E-state index contributed by atoms with van der Waals surface area (Å²) in [6.07, 6.45) is 0.923. The third kappa shape index (κ3) is 2.13. The quantitative estimate of drug-likeness (QED) is 0.871. The number of rotatable bonds is 2. The molecule has 0 unspecified atom stereocenters. The van der Waals surface area contributed by atoms with Gasteiger partial charge in [0, 0.05) is 10.9 Å². The lowest BCUT2D eigenvalue weighted by molar-refractivity contribution is 0.0665. The average Bonchev–Trinajstić information content (AvgIpc) is 2.69. The molecule has 0 aliphatic rings. The minimum atomic E-state index is -1.02. The minimum absolute atomic E-state index is 0.00348. The number of aryl methyl sites for hydroxylation is 1. The highest BCUT2D eigenvalue weighted by Gasteiger charge is 2.22. The lowest BCUT2D eigenvalue weighted by atomic mass is 9.85. The lowest BCUT2D eigenvalue weighted by Crippen LogP contribution is -2.11.